The molecule has 1 heterocycles. The first-order chi connectivity index (χ1) is 7.52. The van der Waals surface area contributed by atoms with Crippen LogP contribution in [0.25, 0.3) is 0 Å². The third kappa shape index (κ3) is 3.82. The van der Waals surface area contributed by atoms with Gasteiger partial charge in [-0.1, -0.05) is 13.8 Å². The molecule has 100 valence electrons. The zero-order valence-electron chi connectivity index (χ0n) is 11.1. The molecule has 0 aromatic heterocycles. The summed E-state index contributed by atoms with van der Waals surface area (Å²) in [5.74, 6) is -2.80. The van der Waals surface area contributed by atoms with Crippen LogP contribution in [0.15, 0.2) is 0 Å². The SMILES string of the molecule is CC(C)C1CC(F)(F)CN1C(=O)OC(C)(C)C. The molecule has 5 heteroatoms. The first-order valence-electron chi connectivity index (χ1n) is 5.89. The molecule has 1 saturated heterocycles. The summed E-state index contributed by atoms with van der Waals surface area (Å²) in [5, 5.41) is 0. The van der Waals surface area contributed by atoms with Crippen molar-refractivity contribution < 1.29 is 18.3 Å². The molecule has 0 spiro atoms. The minimum Gasteiger partial charge on any atom is -0.444 e. The molecule has 0 aromatic rings. The molecule has 1 aliphatic rings. The quantitative estimate of drug-likeness (QED) is 0.713. The molecule has 0 aromatic carbocycles. The summed E-state index contributed by atoms with van der Waals surface area (Å²) in [7, 11) is 0. The Bertz CT molecular complexity index is 297. The molecule has 0 saturated carbocycles. The van der Waals surface area contributed by atoms with Gasteiger partial charge in [0.25, 0.3) is 5.92 Å². The summed E-state index contributed by atoms with van der Waals surface area (Å²) < 4.78 is 31.8. The van der Waals surface area contributed by atoms with E-state index in [1.807, 2.05) is 13.8 Å². The predicted molar refractivity (Wildman–Crippen MR) is 61.1 cm³/mol. The molecule has 0 bridgehead atoms. The lowest BCUT2D eigenvalue weighted by Gasteiger charge is -2.29. The van der Waals surface area contributed by atoms with Crippen molar-refractivity contribution in [1.29, 1.82) is 0 Å². The van der Waals surface area contributed by atoms with Gasteiger partial charge in [-0.2, -0.15) is 0 Å². The van der Waals surface area contributed by atoms with Gasteiger partial charge in [0.05, 0.1) is 6.54 Å². The number of nitrogens with zero attached hydrogens (tertiary/aromatic N) is 1. The molecule has 1 unspecified atom stereocenters. The molecular weight excluding hydrogens is 228 g/mol. The predicted octanol–water partition coefficient (Wildman–Crippen LogP) is 3.29. The number of carbonyl (C=O) groups is 1. The van der Waals surface area contributed by atoms with Crippen molar-refractivity contribution >= 4 is 6.09 Å². The first-order valence-corrected chi connectivity index (χ1v) is 5.89. The number of ether oxygens (including phenoxy) is 1. The Morgan fingerprint density at radius 3 is 2.35 bits per heavy atom. The Balaban J connectivity index is 2.77. The van der Waals surface area contributed by atoms with E-state index >= 15 is 0 Å². The van der Waals surface area contributed by atoms with E-state index in [4.69, 9.17) is 4.74 Å². The topological polar surface area (TPSA) is 29.5 Å². The zero-order chi connectivity index (χ0) is 13.4. The van der Waals surface area contributed by atoms with Crippen LogP contribution in [-0.2, 0) is 4.74 Å². The third-order valence-corrected chi connectivity index (χ3v) is 2.71. The normalized spacial score (nSPS) is 24.2. The van der Waals surface area contributed by atoms with E-state index in [1.165, 1.54) is 0 Å². The van der Waals surface area contributed by atoms with Gasteiger partial charge in [0.1, 0.15) is 5.60 Å². The fraction of sp³-hybridized carbons (Fsp3) is 0.917. The Kier molecular flexibility index (Phi) is 3.69. The van der Waals surface area contributed by atoms with Gasteiger partial charge < -0.3 is 4.74 Å². The lowest BCUT2D eigenvalue weighted by Crippen LogP contribution is -2.42. The number of halogens is 2. The number of rotatable bonds is 1. The molecular formula is C12H21F2NO2. The maximum Gasteiger partial charge on any atom is 0.410 e. The molecule has 0 N–H and O–H groups in total. The molecule has 17 heavy (non-hydrogen) atoms. The lowest BCUT2D eigenvalue weighted by molar-refractivity contribution is -0.00274. The van der Waals surface area contributed by atoms with Crippen molar-refractivity contribution in [2.75, 3.05) is 6.54 Å². The zero-order valence-corrected chi connectivity index (χ0v) is 11.1. The number of carbonyl (C=O) groups excluding carboxylic acids is 1. The highest BCUT2D eigenvalue weighted by molar-refractivity contribution is 5.69. The standard InChI is InChI=1S/C12H21F2NO2/c1-8(2)9-6-12(13,14)7-15(9)10(16)17-11(3,4)5/h8-9H,6-7H2,1-5H3. The Hall–Kier alpha value is -0.870. The number of hydrogen-bond acceptors (Lipinski definition) is 2. The van der Waals surface area contributed by atoms with E-state index in [2.05, 4.69) is 0 Å². The molecule has 1 amide bonds. The first kappa shape index (κ1) is 14.2. The van der Waals surface area contributed by atoms with E-state index in [1.54, 1.807) is 20.8 Å². The molecule has 1 aliphatic heterocycles. The van der Waals surface area contributed by atoms with Crippen molar-refractivity contribution in [3.05, 3.63) is 0 Å². The van der Waals surface area contributed by atoms with Gasteiger partial charge in [0.2, 0.25) is 0 Å². The molecule has 1 rings (SSSR count). The average Bonchev–Trinajstić information content (AvgIpc) is 2.38. The second kappa shape index (κ2) is 4.42. The van der Waals surface area contributed by atoms with Gasteiger partial charge in [-0.05, 0) is 26.7 Å². The van der Waals surface area contributed by atoms with Gasteiger partial charge in [-0.15, -0.1) is 0 Å². The minimum atomic E-state index is -2.80. The highest BCUT2D eigenvalue weighted by Crippen LogP contribution is 2.36. The van der Waals surface area contributed by atoms with Gasteiger partial charge in [0, 0.05) is 12.5 Å². The van der Waals surface area contributed by atoms with Crippen molar-refractivity contribution in [1.82, 2.24) is 4.90 Å². The van der Waals surface area contributed by atoms with Gasteiger partial charge >= 0.3 is 6.09 Å². The summed E-state index contributed by atoms with van der Waals surface area (Å²) in [5.41, 5.74) is -0.656. The van der Waals surface area contributed by atoms with Crippen LogP contribution in [0.1, 0.15) is 41.0 Å². The van der Waals surface area contributed by atoms with E-state index in [-0.39, 0.29) is 12.3 Å². The number of likely N-dealkylation sites (tertiary alicyclic amines) is 1. The van der Waals surface area contributed by atoms with Crippen molar-refractivity contribution in [3.8, 4) is 0 Å². The van der Waals surface area contributed by atoms with Crippen LogP contribution in [0.4, 0.5) is 13.6 Å². The molecule has 3 nitrogen and oxygen atoms in total. The Morgan fingerprint density at radius 1 is 1.41 bits per heavy atom. The van der Waals surface area contributed by atoms with E-state index in [9.17, 15) is 13.6 Å². The van der Waals surface area contributed by atoms with Crippen molar-refractivity contribution in [2.24, 2.45) is 5.92 Å². The van der Waals surface area contributed by atoms with Crippen LogP contribution >= 0.6 is 0 Å². The second-order valence-electron chi connectivity index (χ2n) is 5.98. The van der Waals surface area contributed by atoms with Crippen LogP contribution in [-0.4, -0.2) is 35.1 Å². The molecule has 1 fully saturated rings. The van der Waals surface area contributed by atoms with Crippen LogP contribution in [0.2, 0.25) is 0 Å². The van der Waals surface area contributed by atoms with Crippen LogP contribution in [0, 0.1) is 5.92 Å². The van der Waals surface area contributed by atoms with Crippen LogP contribution in [0.5, 0.6) is 0 Å². The highest BCUT2D eigenvalue weighted by atomic mass is 19.3. The van der Waals surface area contributed by atoms with Crippen molar-refractivity contribution in [3.63, 3.8) is 0 Å². The molecule has 1 atom stereocenters. The van der Waals surface area contributed by atoms with E-state index in [0.717, 1.165) is 4.90 Å². The number of amides is 1. The Labute approximate surface area is 101 Å². The lowest BCUT2D eigenvalue weighted by atomic mass is 10.0. The van der Waals surface area contributed by atoms with Gasteiger partial charge in [-0.25, -0.2) is 13.6 Å². The van der Waals surface area contributed by atoms with E-state index in [0.29, 0.717) is 0 Å². The third-order valence-electron chi connectivity index (χ3n) is 2.71. The number of hydrogen-bond donors (Lipinski definition) is 0. The van der Waals surface area contributed by atoms with E-state index < -0.39 is 30.2 Å². The summed E-state index contributed by atoms with van der Waals surface area (Å²) in [6.07, 6.45) is -0.919. The highest BCUT2D eigenvalue weighted by Gasteiger charge is 2.49. The largest absolute Gasteiger partial charge is 0.444 e. The fourth-order valence-corrected chi connectivity index (χ4v) is 1.96. The summed E-state index contributed by atoms with van der Waals surface area (Å²) in [6.45, 7) is 8.31. The molecule has 0 aliphatic carbocycles. The van der Waals surface area contributed by atoms with Crippen LogP contribution < -0.4 is 0 Å². The maximum atomic E-state index is 13.3. The van der Waals surface area contributed by atoms with Gasteiger partial charge in [-0.3, -0.25) is 4.90 Å². The average molecular weight is 249 g/mol. The Morgan fingerprint density at radius 2 is 1.94 bits per heavy atom. The van der Waals surface area contributed by atoms with Crippen LogP contribution in [0.3, 0.4) is 0 Å². The fourth-order valence-electron chi connectivity index (χ4n) is 1.96. The summed E-state index contributed by atoms with van der Waals surface area (Å²) in [6, 6.07) is -0.445. The summed E-state index contributed by atoms with van der Waals surface area (Å²) >= 11 is 0. The van der Waals surface area contributed by atoms with Gasteiger partial charge in [0.15, 0.2) is 0 Å². The second-order valence-corrected chi connectivity index (χ2v) is 5.98. The maximum absolute atomic E-state index is 13.3. The number of alkyl halides is 2. The summed E-state index contributed by atoms with van der Waals surface area (Å²) in [4.78, 5) is 13.0. The smallest absolute Gasteiger partial charge is 0.410 e. The minimum absolute atomic E-state index is 0.00380. The monoisotopic (exact) mass is 249 g/mol. The molecule has 0 radical (unpaired) electrons. The van der Waals surface area contributed by atoms with Crippen molar-refractivity contribution in [2.45, 2.75) is 58.6 Å².